The molecule has 0 aliphatic heterocycles. The summed E-state index contributed by atoms with van der Waals surface area (Å²) in [6, 6.07) is 4.40. The van der Waals surface area contributed by atoms with Gasteiger partial charge in [0.05, 0.1) is 0 Å². The molecular formula is C14H25N. The zero-order chi connectivity index (χ0) is 11.7. The Morgan fingerprint density at radius 3 is 2.13 bits per heavy atom. The SMILES string of the molecule is CC(C)(C)CCc1cccn1C(C)(C)C. The van der Waals surface area contributed by atoms with Crippen LogP contribution < -0.4 is 0 Å². The van der Waals surface area contributed by atoms with Crippen LogP contribution >= 0.6 is 0 Å². The molecule has 0 bridgehead atoms. The predicted molar refractivity (Wildman–Crippen MR) is 67.2 cm³/mol. The molecule has 0 aliphatic carbocycles. The van der Waals surface area contributed by atoms with Gasteiger partial charge in [0.2, 0.25) is 0 Å². The minimum absolute atomic E-state index is 0.205. The van der Waals surface area contributed by atoms with Crippen LogP contribution in [0.1, 0.15) is 53.7 Å². The van der Waals surface area contributed by atoms with Gasteiger partial charge in [-0.2, -0.15) is 0 Å². The molecule has 1 heterocycles. The van der Waals surface area contributed by atoms with Crippen LogP contribution in [0.5, 0.6) is 0 Å². The van der Waals surface area contributed by atoms with E-state index >= 15 is 0 Å². The average molecular weight is 207 g/mol. The Hall–Kier alpha value is -0.720. The minimum atomic E-state index is 0.205. The summed E-state index contributed by atoms with van der Waals surface area (Å²) in [7, 11) is 0. The third-order valence-corrected chi connectivity index (χ3v) is 2.69. The number of hydrogen-bond acceptors (Lipinski definition) is 0. The van der Waals surface area contributed by atoms with Crippen LogP contribution in [0, 0.1) is 5.41 Å². The fourth-order valence-electron chi connectivity index (χ4n) is 1.78. The summed E-state index contributed by atoms with van der Waals surface area (Å²) in [5.74, 6) is 0. The van der Waals surface area contributed by atoms with Gasteiger partial charge in [0.1, 0.15) is 0 Å². The fourth-order valence-corrected chi connectivity index (χ4v) is 1.78. The molecule has 0 atom stereocenters. The zero-order valence-electron chi connectivity index (χ0n) is 11.1. The molecule has 15 heavy (non-hydrogen) atoms. The lowest BCUT2D eigenvalue weighted by Gasteiger charge is -2.26. The highest BCUT2D eigenvalue weighted by molar-refractivity contribution is 5.10. The van der Waals surface area contributed by atoms with Crippen molar-refractivity contribution >= 4 is 0 Å². The van der Waals surface area contributed by atoms with Crippen LogP contribution in [0.25, 0.3) is 0 Å². The normalized spacial score (nSPS) is 13.2. The number of rotatable bonds is 2. The summed E-state index contributed by atoms with van der Waals surface area (Å²) in [5.41, 5.74) is 2.08. The smallest absolute Gasteiger partial charge is 0.0358 e. The molecule has 1 aromatic rings. The molecule has 0 amide bonds. The van der Waals surface area contributed by atoms with Crippen LogP contribution in [0.2, 0.25) is 0 Å². The zero-order valence-corrected chi connectivity index (χ0v) is 11.1. The van der Waals surface area contributed by atoms with Gasteiger partial charge in [-0.1, -0.05) is 20.8 Å². The molecule has 1 heteroatoms. The van der Waals surface area contributed by atoms with E-state index in [2.05, 4.69) is 64.4 Å². The van der Waals surface area contributed by atoms with Gasteiger partial charge in [0.15, 0.2) is 0 Å². The van der Waals surface area contributed by atoms with Gasteiger partial charge in [-0.05, 0) is 51.2 Å². The Labute approximate surface area is 94.5 Å². The van der Waals surface area contributed by atoms with Crippen LogP contribution in [0.4, 0.5) is 0 Å². The van der Waals surface area contributed by atoms with Crippen LogP contribution in [0.3, 0.4) is 0 Å². The molecule has 0 saturated heterocycles. The summed E-state index contributed by atoms with van der Waals surface area (Å²) in [6.07, 6.45) is 4.61. The minimum Gasteiger partial charge on any atom is -0.346 e. The van der Waals surface area contributed by atoms with Crippen LogP contribution in [0.15, 0.2) is 18.3 Å². The van der Waals surface area contributed by atoms with Crippen molar-refractivity contribution in [1.82, 2.24) is 4.57 Å². The molecule has 0 aromatic carbocycles. The number of nitrogens with zero attached hydrogens (tertiary/aromatic N) is 1. The Kier molecular flexibility index (Phi) is 3.32. The van der Waals surface area contributed by atoms with E-state index in [1.54, 1.807) is 0 Å². The van der Waals surface area contributed by atoms with Crippen molar-refractivity contribution in [2.45, 2.75) is 59.9 Å². The molecule has 0 N–H and O–H groups in total. The standard InChI is InChI=1S/C14H25N/c1-13(2,3)10-9-12-8-7-11-15(12)14(4,5)6/h7-8,11H,9-10H2,1-6H3. The highest BCUT2D eigenvalue weighted by Gasteiger charge is 2.17. The molecular weight excluding hydrogens is 182 g/mol. The molecule has 86 valence electrons. The molecule has 0 saturated carbocycles. The van der Waals surface area contributed by atoms with Gasteiger partial charge >= 0.3 is 0 Å². The first-order chi connectivity index (χ1) is 6.70. The highest BCUT2D eigenvalue weighted by Crippen LogP contribution is 2.24. The predicted octanol–water partition coefficient (Wildman–Crippen LogP) is 4.22. The average Bonchev–Trinajstić information content (AvgIpc) is 2.45. The lowest BCUT2D eigenvalue weighted by atomic mass is 9.89. The summed E-state index contributed by atoms with van der Waals surface area (Å²) in [6.45, 7) is 13.7. The van der Waals surface area contributed by atoms with E-state index in [1.807, 2.05) is 0 Å². The van der Waals surface area contributed by atoms with Crippen molar-refractivity contribution in [1.29, 1.82) is 0 Å². The van der Waals surface area contributed by atoms with E-state index in [0.717, 1.165) is 0 Å². The highest BCUT2D eigenvalue weighted by atomic mass is 15.0. The Balaban J connectivity index is 2.75. The molecule has 0 fully saturated rings. The molecule has 0 radical (unpaired) electrons. The first-order valence-electron chi connectivity index (χ1n) is 5.87. The van der Waals surface area contributed by atoms with Gasteiger partial charge in [0.25, 0.3) is 0 Å². The second-order valence-electron chi connectivity index (χ2n) is 6.60. The van der Waals surface area contributed by atoms with E-state index in [-0.39, 0.29) is 5.54 Å². The van der Waals surface area contributed by atoms with E-state index in [4.69, 9.17) is 0 Å². The topological polar surface area (TPSA) is 4.93 Å². The Bertz CT molecular complexity index is 307. The van der Waals surface area contributed by atoms with E-state index in [1.165, 1.54) is 18.5 Å². The van der Waals surface area contributed by atoms with Crippen molar-refractivity contribution in [3.05, 3.63) is 24.0 Å². The largest absolute Gasteiger partial charge is 0.346 e. The monoisotopic (exact) mass is 207 g/mol. The Morgan fingerprint density at radius 1 is 1.07 bits per heavy atom. The second-order valence-corrected chi connectivity index (χ2v) is 6.60. The van der Waals surface area contributed by atoms with Crippen LogP contribution in [-0.2, 0) is 12.0 Å². The first kappa shape index (κ1) is 12.4. The summed E-state index contributed by atoms with van der Waals surface area (Å²) in [5, 5.41) is 0. The maximum absolute atomic E-state index is 2.39. The lowest BCUT2D eigenvalue weighted by molar-refractivity contribution is 0.350. The molecule has 0 aliphatic rings. The van der Waals surface area contributed by atoms with Crippen molar-refractivity contribution < 1.29 is 0 Å². The number of aryl methyl sites for hydroxylation is 1. The van der Waals surface area contributed by atoms with Gasteiger partial charge < -0.3 is 4.57 Å². The van der Waals surface area contributed by atoms with Gasteiger partial charge in [0, 0.05) is 17.4 Å². The maximum Gasteiger partial charge on any atom is 0.0358 e. The fraction of sp³-hybridized carbons (Fsp3) is 0.714. The van der Waals surface area contributed by atoms with Crippen molar-refractivity contribution in [2.24, 2.45) is 5.41 Å². The third-order valence-electron chi connectivity index (χ3n) is 2.69. The van der Waals surface area contributed by atoms with Gasteiger partial charge in [-0.3, -0.25) is 0 Å². The molecule has 1 nitrogen and oxygen atoms in total. The van der Waals surface area contributed by atoms with Crippen molar-refractivity contribution in [2.75, 3.05) is 0 Å². The summed E-state index contributed by atoms with van der Waals surface area (Å²) in [4.78, 5) is 0. The van der Waals surface area contributed by atoms with Gasteiger partial charge in [-0.25, -0.2) is 0 Å². The van der Waals surface area contributed by atoms with E-state index < -0.39 is 0 Å². The lowest BCUT2D eigenvalue weighted by Crippen LogP contribution is -2.23. The number of hydrogen-bond donors (Lipinski definition) is 0. The quantitative estimate of drug-likeness (QED) is 0.684. The van der Waals surface area contributed by atoms with Crippen LogP contribution in [-0.4, -0.2) is 4.57 Å². The molecule has 0 unspecified atom stereocenters. The number of aromatic nitrogens is 1. The van der Waals surface area contributed by atoms with E-state index in [0.29, 0.717) is 5.41 Å². The summed E-state index contributed by atoms with van der Waals surface area (Å²) < 4.78 is 2.39. The molecule has 0 spiro atoms. The molecule has 1 rings (SSSR count). The Morgan fingerprint density at radius 2 is 1.67 bits per heavy atom. The van der Waals surface area contributed by atoms with Gasteiger partial charge in [-0.15, -0.1) is 0 Å². The second kappa shape index (κ2) is 4.03. The van der Waals surface area contributed by atoms with Crippen molar-refractivity contribution in [3.8, 4) is 0 Å². The van der Waals surface area contributed by atoms with Crippen molar-refractivity contribution in [3.63, 3.8) is 0 Å². The van der Waals surface area contributed by atoms with E-state index in [9.17, 15) is 0 Å². The molecule has 1 aromatic heterocycles. The first-order valence-corrected chi connectivity index (χ1v) is 5.87. The maximum atomic E-state index is 2.39. The summed E-state index contributed by atoms with van der Waals surface area (Å²) >= 11 is 0. The third kappa shape index (κ3) is 3.73.